The van der Waals surface area contributed by atoms with Crippen molar-refractivity contribution in [1.29, 1.82) is 0 Å². The Morgan fingerprint density at radius 3 is 1.00 bits per heavy atom. The van der Waals surface area contributed by atoms with Crippen LogP contribution < -0.4 is 0 Å². The summed E-state index contributed by atoms with van der Waals surface area (Å²) in [7, 11) is 2.42. The average molecular weight is 655 g/mol. The molecule has 0 atom stereocenters. The van der Waals surface area contributed by atoms with Crippen molar-refractivity contribution >= 4 is 58.8 Å². The first kappa shape index (κ1) is 39.5. The zero-order valence-electron chi connectivity index (χ0n) is 24.6. The van der Waals surface area contributed by atoms with Gasteiger partial charge in [0.2, 0.25) is 0 Å². The summed E-state index contributed by atoms with van der Waals surface area (Å²) in [5, 5.41) is 0. The van der Waals surface area contributed by atoms with Gasteiger partial charge in [0.25, 0.3) is 0 Å². The van der Waals surface area contributed by atoms with E-state index in [2.05, 4.69) is 0 Å². The molecule has 0 rings (SSSR count). The SMILES string of the molecule is CCO[Si](CCCOCCCSSSSCCCOCCC[Si](OCC)(OCC)OCC)(OCC)OCC. The van der Waals surface area contributed by atoms with E-state index in [0.29, 0.717) is 39.6 Å². The number of hydrogen-bond acceptors (Lipinski definition) is 12. The largest absolute Gasteiger partial charge is 0.501 e. The normalized spacial score (nSPS) is 12.5. The van der Waals surface area contributed by atoms with Gasteiger partial charge in [0.1, 0.15) is 0 Å². The van der Waals surface area contributed by atoms with E-state index < -0.39 is 17.6 Å². The van der Waals surface area contributed by atoms with Crippen molar-refractivity contribution in [2.75, 3.05) is 77.6 Å². The minimum absolute atomic E-state index is 0.619. The quantitative estimate of drug-likeness (QED) is 0.0426. The fourth-order valence-corrected chi connectivity index (χ4v) is 14.8. The lowest BCUT2D eigenvalue weighted by Gasteiger charge is -2.28. The number of rotatable bonds is 31. The summed E-state index contributed by atoms with van der Waals surface area (Å²) in [5.41, 5.74) is 0. The van der Waals surface area contributed by atoms with Crippen LogP contribution in [0.15, 0.2) is 0 Å². The van der Waals surface area contributed by atoms with Crippen molar-refractivity contribution in [3.05, 3.63) is 0 Å². The second-order valence-corrected chi connectivity index (χ2v) is 19.6. The summed E-state index contributed by atoms with van der Waals surface area (Å²) in [6.07, 6.45) is 3.92. The maximum Gasteiger partial charge on any atom is 0.501 e. The fraction of sp³-hybridized carbons (Fsp3) is 1.00. The molecule has 38 heavy (non-hydrogen) atoms. The highest BCUT2D eigenvalue weighted by Gasteiger charge is 2.40. The smallest absolute Gasteiger partial charge is 0.381 e. The first-order chi connectivity index (χ1) is 18.6. The van der Waals surface area contributed by atoms with E-state index in [4.69, 9.17) is 36.0 Å². The summed E-state index contributed by atoms with van der Waals surface area (Å²) in [6, 6.07) is 1.62. The summed E-state index contributed by atoms with van der Waals surface area (Å²) in [5.74, 6) is 2.18. The molecule has 14 heteroatoms. The molecule has 0 saturated heterocycles. The van der Waals surface area contributed by atoms with Gasteiger partial charge < -0.3 is 36.0 Å². The molecule has 230 valence electrons. The van der Waals surface area contributed by atoms with Gasteiger partial charge in [0.05, 0.1) is 0 Å². The molecule has 0 amide bonds. The zero-order valence-corrected chi connectivity index (χ0v) is 29.9. The van der Waals surface area contributed by atoms with Crippen LogP contribution in [0, 0.1) is 0 Å². The third-order valence-electron chi connectivity index (χ3n) is 4.89. The van der Waals surface area contributed by atoms with Gasteiger partial charge in [-0.2, -0.15) is 0 Å². The van der Waals surface area contributed by atoms with Gasteiger partial charge in [0.15, 0.2) is 0 Å². The first-order valence-electron chi connectivity index (χ1n) is 14.1. The van der Waals surface area contributed by atoms with Crippen LogP contribution in [0.3, 0.4) is 0 Å². The molecule has 0 saturated carbocycles. The third kappa shape index (κ3) is 21.3. The summed E-state index contributed by atoms with van der Waals surface area (Å²) in [6.45, 7) is 18.7. The van der Waals surface area contributed by atoms with Crippen LogP contribution in [-0.4, -0.2) is 95.2 Å². The minimum atomic E-state index is -2.53. The molecular formula is C24H54O8S4Si2. The van der Waals surface area contributed by atoms with Crippen LogP contribution in [-0.2, 0) is 36.0 Å². The van der Waals surface area contributed by atoms with Crippen LogP contribution >= 0.6 is 41.2 Å². The van der Waals surface area contributed by atoms with E-state index in [-0.39, 0.29) is 0 Å². The van der Waals surface area contributed by atoms with Crippen LogP contribution in [0.25, 0.3) is 0 Å². The molecule has 0 fully saturated rings. The molecule has 0 unspecified atom stereocenters. The second-order valence-electron chi connectivity index (χ2n) is 7.88. The van der Waals surface area contributed by atoms with Crippen molar-refractivity contribution in [3.63, 3.8) is 0 Å². The van der Waals surface area contributed by atoms with Gasteiger partial charge >= 0.3 is 17.6 Å². The Labute approximate surface area is 250 Å². The summed E-state index contributed by atoms with van der Waals surface area (Å²) < 4.78 is 46.9. The zero-order chi connectivity index (χ0) is 28.2. The Kier molecular flexibility index (Phi) is 29.8. The van der Waals surface area contributed by atoms with Gasteiger partial charge in [-0.25, -0.2) is 0 Å². The van der Waals surface area contributed by atoms with Gasteiger partial charge in [0, 0.05) is 89.7 Å². The Balaban J connectivity index is 3.60. The molecule has 0 radical (unpaired) electrons. The molecule has 0 spiro atoms. The summed E-state index contributed by atoms with van der Waals surface area (Å²) >= 11 is 0. The van der Waals surface area contributed by atoms with E-state index in [1.54, 1.807) is 0 Å². The van der Waals surface area contributed by atoms with Crippen LogP contribution in [0.5, 0.6) is 0 Å². The van der Waals surface area contributed by atoms with E-state index in [1.165, 1.54) is 0 Å². The Morgan fingerprint density at radius 1 is 0.421 bits per heavy atom. The number of hydrogen-bond donors (Lipinski definition) is 0. The molecule has 0 aliphatic carbocycles. The van der Waals surface area contributed by atoms with Gasteiger partial charge in [-0.1, -0.05) is 21.6 Å². The molecule has 0 aromatic heterocycles. The van der Waals surface area contributed by atoms with E-state index >= 15 is 0 Å². The fourth-order valence-electron chi connectivity index (χ4n) is 3.54. The topological polar surface area (TPSA) is 73.8 Å². The lowest BCUT2D eigenvalue weighted by atomic mass is 10.5. The number of ether oxygens (including phenoxy) is 2. The predicted octanol–water partition coefficient (Wildman–Crippen LogP) is 7.35. The van der Waals surface area contributed by atoms with Crippen molar-refractivity contribution in [2.45, 2.75) is 79.3 Å². The van der Waals surface area contributed by atoms with Crippen molar-refractivity contribution < 1.29 is 36.0 Å². The van der Waals surface area contributed by atoms with Crippen molar-refractivity contribution in [1.82, 2.24) is 0 Å². The molecule has 0 aromatic carbocycles. The highest BCUT2D eigenvalue weighted by atomic mass is 33.7. The van der Waals surface area contributed by atoms with Crippen molar-refractivity contribution in [3.8, 4) is 0 Å². The maximum atomic E-state index is 5.88. The molecule has 0 aromatic rings. The molecule has 0 bridgehead atoms. The van der Waals surface area contributed by atoms with E-state index in [1.807, 2.05) is 82.8 Å². The summed E-state index contributed by atoms with van der Waals surface area (Å²) in [4.78, 5) is 0. The lowest BCUT2D eigenvalue weighted by molar-refractivity contribution is 0.0654. The molecule has 0 aliphatic rings. The van der Waals surface area contributed by atoms with Gasteiger partial charge in [-0.05, 0) is 86.9 Å². The standard InChI is InChI=1S/C24H54O8S4Si2/c1-7-27-37(28-8-2,29-9-3)23-15-19-25-17-13-21-33-35-36-34-22-14-18-26-20-16-24-38(30-10-4,31-11-5)32-12-6/h7-24H2,1-6H3. The average Bonchev–Trinajstić information content (AvgIpc) is 2.89. The van der Waals surface area contributed by atoms with Gasteiger partial charge in [-0.15, -0.1) is 0 Å². The van der Waals surface area contributed by atoms with Crippen molar-refractivity contribution in [2.24, 2.45) is 0 Å². The maximum absolute atomic E-state index is 5.88. The molecule has 0 heterocycles. The van der Waals surface area contributed by atoms with Crippen LogP contribution in [0.2, 0.25) is 12.1 Å². The Hall–Kier alpha value is 1.51. The minimum Gasteiger partial charge on any atom is -0.381 e. The molecule has 8 nitrogen and oxygen atoms in total. The van der Waals surface area contributed by atoms with E-state index in [9.17, 15) is 0 Å². The second kappa shape index (κ2) is 28.6. The Bertz CT molecular complexity index is 428. The molecular weight excluding hydrogens is 601 g/mol. The lowest BCUT2D eigenvalue weighted by Crippen LogP contribution is -2.46. The third-order valence-corrected chi connectivity index (χ3v) is 17.8. The molecule has 0 N–H and O–H groups in total. The monoisotopic (exact) mass is 654 g/mol. The van der Waals surface area contributed by atoms with Crippen LogP contribution in [0.1, 0.15) is 67.2 Å². The molecule has 0 aliphatic heterocycles. The Morgan fingerprint density at radius 2 is 0.711 bits per heavy atom. The van der Waals surface area contributed by atoms with Gasteiger partial charge in [-0.3, -0.25) is 0 Å². The van der Waals surface area contributed by atoms with Crippen LogP contribution in [0.4, 0.5) is 0 Å². The highest BCUT2D eigenvalue weighted by molar-refractivity contribution is 9.26. The first-order valence-corrected chi connectivity index (χ1v) is 23.2. The van der Waals surface area contributed by atoms with E-state index in [0.717, 1.165) is 75.7 Å². The predicted molar refractivity (Wildman–Crippen MR) is 171 cm³/mol. The highest BCUT2D eigenvalue weighted by Crippen LogP contribution is 2.43.